The molecule has 0 aliphatic carbocycles. The third-order valence-corrected chi connectivity index (χ3v) is 4.01. The van der Waals surface area contributed by atoms with Gasteiger partial charge in [0.2, 0.25) is 11.8 Å². The Balaban J connectivity index is 1.60. The predicted octanol–water partition coefficient (Wildman–Crippen LogP) is 1.58. The molecular weight excluding hydrogens is 351 g/mol. The second-order valence-corrected chi connectivity index (χ2v) is 6.32. The van der Waals surface area contributed by atoms with Gasteiger partial charge in [-0.15, -0.1) is 10.2 Å². The standard InChI is InChI=1S/C15H20F3N7O/c1-10-8-11(23(2)3)20-14(19-10)25-6-4-24(5-7-25)9-12-21-22-13(26-12)15(16,17)18/h8H,4-7,9H2,1-3H3. The number of piperazine rings is 1. The first-order valence-electron chi connectivity index (χ1n) is 8.12. The van der Waals surface area contributed by atoms with Crippen LogP contribution in [0.2, 0.25) is 0 Å². The Morgan fingerprint density at radius 2 is 1.81 bits per heavy atom. The van der Waals surface area contributed by atoms with Crippen LogP contribution in [0.5, 0.6) is 0 Å². The van der Waals surface area contributed by atoms with Gasteiger partial charge in [0.25, 0.3) is 0 Å². The number of hydrogen-bond donors (Lipinski definition) is 0. The molecule has 0 saturated carbocycles. The third-order valence-electron chi connectivity index (χ3n) is 4.01. The number of alkyl halides is 3. The van der Waals surface area contributed by atoms with Crippen LogP contribution in [0.1, 0.15) is 17.5 Å². The molecular formula is C15H20F3N7O. The molecule has 0 atom stereocenters. The number of hydrogen-bond acceptors (Lipinski definition) is 8. The summed E-state index contributed by atoms with van der Waals surface area (Å²) in [4.78, 5) is 15.0. The quantitative estimate of drug-likeness (QED) is 0.802. The average Bonchev–Trinajstić information content (AvgIpc) is 3.04. The lowest BCUT2D eigenvalue weighted by Gasteiger charge is -2.34. The lowest BCUT2D eigenvalue weighted by Crippen LogP contribution is -2.46. The van der Waals surface area contributed by atoms with Gasteiger partial charge in [-0.1, -0.05) is 0 Å². The van der Waals surface area contributed by atoms with E-state index in [1.165, 1.54) is 0 Å². The molecule has 8 nitrogen and oxygen atoms in total. The maximum absolute atomic E-state index is 12.5. The molecule has 0 N–H and O–H groups in total. The third kappa shape index (κ3) is 4.21. The van der Waals surface area contributed by atoms with Crippen molar-refractivity contribution in [2.45, 2.75) is 19.6 Å². The summed E-state index contributed by atoms with van der Waals surface area (Å²) in [6.07, 6.45) is -4.61. The number of aryl methyl sites for hydroxylation is 1. The van der Waals surface area contributed by atoms with Crippen LogP contribution in [0.15, 0.2) is 10.5 Å². The summed E-state index contributed by atoms with van der Waals surface area (Å²) in [5, 5.41) is 6.52. The molecule has 2 aromatic rings. The van der Waals surface area contributed by atoms with E-state index < -0.39 is 12.1 Å². The Bertz CT molecular complexity index is 754. The van der Waals surface area contributed by atoms with E-state index in [0.717, 1.165) is 11.5 Å². The van der Waals surface area contributed by atoms with Crippen LogP contribution in [0.3, 0.4) is 0 Å². The summed E-state index contributed by atoms with van der Waals surface area (Å²) in [6.45, 7) is 4.71. The summed E-state index contributed by atoms with van der Waals surface area (Å²) >= 11 is 0. The van der Waals surface area contributed by atoms with Crippen molar-refractivity contribution < 1.29 is 17.6 Å². The second kappa shape index (κ2) is 7.06. The topological polar surface area (TPSA) is 74.4 Å². The van der Waals surface area contributed by atoms with Crippen molar-refractivity contribution in [1.29, 1.82) is 0 Å². The van der Waals surface area contributed by atoms with Crippen LogP contribution in [0.25, 0.3) is 0 Å². The van der Waals surface area contributed by atoms with E-state index in [9.17, 15) is 13.2 Å². The number of aromatic nitrogens is 4. The zero-order valence-electron chi connectivity index (χ0n) is 14.8. The van der Waals surface area contributed by atoms with Crippen LogP contribution in [0.4, 0.5) is 24.9 Å². The number of anilines is 2. The molecule has 142 valence electrons. The molecule has 0 aromatic carbocycles. The van der Waals surface area contributed by atoms with Crippen molar-refractivity contribution in [1.82, 2.24) is 25.1 Å². The Hall–Kier alpha value is -2.43. The molecule has 1 aliphatic heterocycles. The number of halogens is 3. The van der Waals surface area contributed by atoms with Gasteiger partial charge in [-0.25, -0.2) is 4.98 Å². The van der Waals surface area contributed by atoms with Crippen molar-refractivity contribution in [3.05, 3.63) is 23.5 Å². The average molecular weight is 371 g/mol. The summed E-state index contributed by atoms with van der Waals surface area (Å²) < 4.78 is 42.2. The smallest absolute Gasteiger partial charge is 0.416 e. The summed E-state index contributed by atoms with van der Waals surface area (Å²) in [5.74, 6) is 0.147. The molecule has 11 heteroatoms. The summed E-state index contributed by atoms with van der Waals surface area (Å²) in [6, 6.07) is 1.91. The fourth-order valence-electron chi connectivity index (χ4n) is 2.64. The van der Waals surface area contributed by atoms with Crippen LogP contribution >= 0.6 is 0 Å². The van der Waals surface area contributed by atoms with E-state index in [1.807, 2.05) is 36.9 Å². The van der Waals surface area contributed by atoms with Gasteiger partial charge in [0.15, 0.2) is 0 Å². The monoisotopic (exact) mass is 371 g/mol. The van der Waals surface area contributed by atoms with Crippen LogP contribution < -0.4 is 9.80 Å². The normalized spacial score (nSPS) is 16.2. The molecule has 0 radical (unpaired) electrons. The van der Waals surface area contributed by atoms with E-state index in [-0.39, 0.29) is 12.4 Å². The summed E-state index contributed by atoms with van der Waals surface area (Å²) in [7, 11) is 3.84. The number of rotatable bonds is 4. The number of nitrogens with zero attached hydrogens (tertiary/aromatic N) is 7. The molecule has 0 unspecified atom stereocenters. The minimum atomic E-state index is -4.61. The highest BCUT2D eigenvalue weighted by Gasteiger charge is 2.38. The SMILES string of the molecule is Cc1cc(N(C)C)nc(N2CCN(Cc3nnc(C(F)(F)F)o3)CC2)n1. The lowest BCUT2D eigenvalue weighted by atomic mass is 10.3. The van der Waals surface area contributed by atoms with Crippen LogP contribution in [-0.2, 0) is 12.7 Å². The minimum Gasteiger partial charge on any atom is -0.416 e. The summed E-state index contributed by atoms with van der Waals surface area (Å²) in [5.41, 5.74) is 0.881. The Kier molecular flexibility index (Phi) is 4.99. The Morgan fingerprint density at radius 3 is 2.38 bits per heavy atom. The van der Waals surface area contributed by atoms with Gasteiger partial charge in [0, 0.05) is 52.0 Å². The lowest BCUT2D eigenvalue weighted by molar-refractivity contribution is -0.157. The molecule has 1 fully saturated rings. The molecule has 0 bridgehead atoms. The molecule has 0 spiro atoms. The Morgan fingerprint density at radius 1 is 1.12 bits per heavy atom. The second-order valence-electron chi connectivity index (χ2n) is 6.32. The van der Waals surface area contributed by atoms with E-state index in [0.29, 0.717) is 32.1 Å². The molecule has 1 aliphatic rings. The minimum absolute atomic E-state index is 0.0347. The fraction of sp³-hybridized carbons (Fsp3) is 0.600. The van der Waals surface area contributed by atoms with Crippen molar-refractivity contribution in [3.8, 4) is 0 Å². The largest absolute Gasteiger partial charge is 0.470 e. The zero-order chi connectivity index (χ0) is 18.9. The Labute approximate surface area is 148 Å². The van der Waals surface area contributed by atoms with E-state index in [4.69, 9.17) is 0 Å². The first kappa shape index (κ1) is 18.4. The van der Waals surface area contributed by atoms with E-state index >= 15 is 0 Å². The van der Waals surface area contributed by atoms with Gasteiger partial charge in [-0.2, -0.15) is 18.2 Å². The van der Waals surface area contributed by atoms with Gasteiger partial charge in [-0.3, -0.25) is 4.90 Å². The van der Waals surface area contributed by atoms with Crippen LogP contribution in [-0.4, -0.2) is 65.3 Å². The van der Waals surface area contributed by atoms with Gasteiger partial charge < -0.3 is 14.2 Å². The van der Waals surface area contributed by atoms with Crippen molar-refractivity contribution in [2.75, 3.05) is 50.1 Å². The van der Waals surface area contributed by atoms with Crippen molar-refractivity contribution in [2.24, 2.45) is 0 Å². The molecule has 3 heterocycles. The van der Waals surface area contributed by atoms with Crippen LogP contribution in [0, 0.1) is 6.92 Å². The molecule has 1 saturated heterocycles. The predicted molar refractivity (Wildman–Crippen MR) is 87.9 cm³/mol. The maximum atomic E-state index is 12.5. The fourth-order valence-corrected chi connectivity index (χ4v) is 2.64. The molecule has 0 amide bonds. The highest BCUT2D eigenvalue weighted by molar-refractivity contribution is 5.45. The first-order chi connectivity index (χ1) is 12.2. The highest BCUT2D eigenvalue weighted by Crippen LogP contribution is 2.28. The van der Waals surface area contributed by atoms with Crippen molar-refractivity contribution in [3.63, 3.8) is 0 Å². The van der Waals surface area contributed by atoms with Crippen molar-refractivity contribution >= 4 is 11.8 Å². The van der Waals surface area contributed by atoms with Gasteiger partial charge in [0.05, 0.1) is 6.54 Å². The van der Waals surface area contributed by atoms with E-state index in [2.05, 4.69) is 29.5 Å². The highest BCUT2D eigenvalue weighted by atomic mass is 19.4. The molecule has 3 rings (SSSR count). The van der Waals surface area contributed by atoms with E-state index in [1.54, 1.807) is 0 Å². The van der Waals surface area contributed by atoms with Gasteiger partial charge >= 0.3 is 12.1 Å². The van der Waals surface area contributed by atoms with Gasteiger partial charge in [-0.05, 0) is 6.92 Å². The maximum Gasteiger partial charge on any atom is 0.470 e. The molecule has 2 aromatic heterocycles. The first-order valence-corrected chi connectivity index (χ1v) is 8.12. The molecule has 26 heavy (non-hydrogen) atoms. The van der Waals surface area contributed by atoms with Gasteiger partial charge in [0.1, 0.15) is 5.82 Å². The zero-order valence-corrected chi connectivity index (χ0v) is 14.8.